The van der Waals surface area contributed by atoms with Crippen molar-refractivity contribution in [3.8, 4) is 11.1 Å². The maximum absolute atomic E-state index is 3.63. The Hall–Kier alpha value is -1.38. The quantitative estimate of drug-likeness (QED) is 0.533. The van der Waals surface area contributed by atoms with Crippen LogP contribution in [0.4, 0.5) is 0 Å². The van der Waals surface area contributed by atoms with Gasteiger partial charge in [-0.1, -0.05) is 71.5 Å². The van der Waals surface area contributed by atoms with Crippen LogP contribution in [-0.4, -0.2) is 8.07 Å². The second-order valence-electron chi connectivity index (χ2n) is 6.02. The summed E-state index contributed by atoms with van der Waals surface area (Å²) >= 11 is 3.63. The minimum Gasteiger partial charge on any atom is -0.0616 e. The van der Waals surface area contributed by atoms with Crippen molar-refractivity contribution < 1.29 is 0 Å². The largest absolute Gasteiger partial charge is 0.113 e. The van der Waals surface area contributed by atoms with E-state index in [0.29, 0.717) is 0 Å². The summed E-state index contributed by atoms with van der Waals surface area (Å²) in [4.78, 5) is 0. The van der Waals surface area contributed by atoms with Crippen molar-refractivity contribution in [3.63, 3.8) is 0 Å². The summed E-state index contributed by atoms with van der Waals surface area (Å²) in [6, 6.07) is 20.2. The zero-order valence-corrected chi connectivity index (χ0v) is 14.2. The first-order chi connectivity index (χ1) is 9.59. The fourth-order valence-electron chi connectivity index (χ4n) is 3.48. The van der Waals surface area contributed by atoms with Gasteiger partial charge in [-0.05, 0) is 44.4 Å². The molecule has 0 bridgehead atoms. The van der Waals surface area contributed by atoms with Crippen molar-refractivity contribution in [2.24, 2.45) is 0 Å². The van der Waals surface area contributed by atoms with Crippen LogP contribution in [-0.2, 0) is 0 Å². The van der Waals surface area contributed by atoms with E-state index in [0.717, 1.165) is 0 Å². The summed E-state index contributed by atoms with van der Waals surface area (Å²) in [5.41, 5.74) is 2.92. The molecule has 4 rings (SSSR count). The van der Waals surface area contributed by atoms with E-state index >= 15 is 0 Å². The first-order valence-corrected chi connectivity index (χ1v) is 10.7. The summed E-state index contributed by atoms with van der Waals surface area (Å²) < 4.78 is 1.19. The lowest BCUT2D eigenvalue weighted by Crippen LogP contribution is -2.49. The van der Waals surface area contributed by atoms with Crippen molar-refractivity contribution in [1.82, 2.24) is 0 Å². The van der Waals surface area contributed by atoms with Crippen molar-refractivity contribution in [3.05, 3.63) is 59.1 Å². The highest BCUT2D eigenvalue weighted by Crippen LogP contribution is 2.34. The van der Waals surface area contributed by atoms with Gasteiger partial charge < -0.3 is 0 Å². The van der Waals surface area contributed by atoms with Crippen LogP contribution in [0.3, 0.4) is 0 Å². The molecule has 0 amide bonds. The molecule has 3 aromatic carbocycles. The molecule has 0 radical (unpaired) electrons. The van der Waals surface area contributed by atoms with Crippen molar-refractivity contribution in [2.45, 2.75) is 13.1 Å². The average Bonchev–Trinajstić information content (AvgIpc) is 2.68. The van der Waals surface area contributed by atoms with Crippen LogP contribution in [0.5, 0.6) is 0 Å². The van der Waals surface area contributed by atoms with E-state index in [2.05, 4.69) is 83.6 Å². The molecule has 3 aromatic rings. The van der Waals surface area contributed by atoms with Crippen molar-refractivity contribution in [1.29, 1.82) is 0 Å². The van der Waals surface area contributed by atoms with E-state index in [1.165, 1.54) is 26.4 Å². The third kappa shape index (κ3) is 1.52. The Labute approximate surface area is 128 Å². The van der Waals surface area contributed by atoms with Crippen LogP contribution in [0, 0.1) is 0 Å². The Kier molecular flexibility index (Phi) is 2.51. The summed E-state index contributed by atoms with van der Waals surface area (Å²) in [5.74, 6) is 0. The van der Waals surface area contributed by atoms with E-state index in [1.807, 2.05) is 0 Å². The smallest absolute Gasteiger partial charge is 0.0616 e. The fraction of sp³-hybridized carbons (Fsp3) is 0.111. The molecule has 0 atom stereocenters. The Morgan fingerprint density at radius 3 is 2.50 bits per heavy atom. The lowest BCUT2D eigenvalue weighted by Gasteiger charge is -2.19. The molecule has 20 heavy (non-hydrogen) atoms. The summed E-state index contributed by atoms with van der Waals surface area (Å²) in [7, 11) is -1.56. The van der Waals surface area contributed by atoms with Gasteiger partial charge in [-0.15, -0.1) is 0 Å². The van der Waals surface area contributed by atoms with Crippen LogP contribution < -0.4 is 10.4 Å². The number of hydrogen-bond donors (Lipinski definition) is 0. The molecule has 1 aliphatic heterocycles. The van der Waals surface area contributed by atoms with Gasteiger partial charge in [-0.2, -0.15) is 0 Å². The summed E-state index contributed by atoms with van der Waals surface area (Å²) in [6.45, 7) is 4.91. The molecule has 0 unspecified atom stereocenters. The summed E-state index contributed by atoms with van der Waals surface area (Å²) in [6.07, 6.45) is 0. The zero-order valence-electron chi connectivity index (χ0n) is 11.6. The van der Waals surface area contributed by atoms with Gasteiger partial charge in [0.2, 0.25) is 0 Å². The number of rotatable bonds is 0. The van der Waals surface area contributed by atoms with Gasteiger partial charge in [0.15, 0.2) is 0 Å². The molecular weight excluding hydrogens is 324 g/mol. The summed E-state index contributed by atoms with van der Waals surface area (Å²) in [5, 5.41) is 5.86. The van der Waals surface area contributed by atoms with Gasteiger partial charge in [0.1, 0.15) is 8.07 Å². The molecule has 2 heteroatoms. The lowest BCUT2D eigenvalue weighted by atomic mass is 9.98. The van der Waals surface area contributed by atoms with Gasteiger partial charge in [0.25, 0.3) is 0 Å². The Morgan fingerprint density at radius 2 is 1.65 bits per heavy atom. The molecule has 0 aromatic heterocycles. The maximum Gasteiger partial charge on any atom is 0.113 e. The van der Waals surface area contributed by atoms with Gasteiger partial charge in [-0.25, -0.2) is 0 Å². The second-order valence-corrected chi connectivity index (χ2v) is 11.3. The third-order valence-corrected chi connectivity index (χ3v) is 8.54. The molecule has 1 heterocycles. The molecule has 0 saturated carbocycles. The number of benzene rings is 3. The molecule has 0 nitrogen and oxygen atoms in total. The Morgan fingerprint density at radius 1 is 0.850 bits per heavy atom. The molecule has 0 fully saturated rings. The lowest BCUT2D eigenvalue weighted by molar-refractivity contribution is 1.68. The van der Waals surface area contributed by atoms with E-state index in [9.17, 15) is 0 Å². The maximum atomic E-state index is 3.63. The van der Waals surface area contributed by atoms with Crippen LogP contribution in [0.15, 0.2) is 59.1 Å². The number of halogens is 1. The highest BCUT2D eigenvalue weighted by atomic mass is 79.9. The first kappa shape index (κ1) is 12.4. The standard InChI is InChI=1S/C18H15BrSi/c1-20(2)16-10-7-12-5-3-4-6-14(12)18(16)15-9-8-13(19)11-17(15)20/h3-11H,1-2H3. The number of hydrogen-bond acceptors (Lipinski definition) is 0. The normalized spacial score (nSPS) is 15.2. The molecule has 0 saturated heterocycles. The molecule has 0 spiro atoms. The van der Waals surface area contributed by atoms with Gasteiger partial charge >= 0.3 is 0 Å². The molecular formula is C18H15BrSi. The van der Waals surface area contributed by atoms with Crippen LogP contribution >= 0.6 is 15.9 Å². The van der Waals surface area contributed by atoms with Gasteiger partial charge in [0, 0.05) is 4.47 Å². The predicted molar refractivity (Wildman–Crippen MR) is 93.8 cm³/mol. The van der Waals surface area contributed by atoms with E-state index < -0.39 is 8.07 Å². The van der Waals surface area contributed by atoms with Crippen molar-refractivity contribution >= 4 is 45.1 Å². The molecule has 1 aliphatic rings. The van der Waals surface area contributed by atoms with E-state index in [4.69, 9.17) is 0 Å². The Bertz CT molecular complexity index is 849. The van der Waals surface area contributed by atoms with Crippen LogP contribution in [0.2, 0.25) is 13.1 Å². The minimum absolute atomic E-state index is 1.19. The van der Waals surface area contributed by atoms with E-state index in [1.54, 1.807) is 10.4 Å². The highest BCUT2D eigenvalue weighted by molar-refractivity contribution is 9.10. The second kappa shape index (κ2) is 4.06. The Balaban J connectivity index is 2.20. The monoisotopic (exact) mass is 338 g/mol. The van der Waals surface area contributed by atoms with Gasteiger partial charge in [0.05, 0.1) is 0 Å². The van der Waals surface area contributed by atoms with Crippen LogP contribution in [0.25, 0.3) is 21.9 Å². The third-order valence-electron chi connectivity index (χ3n) is 4.53. The fourth-order valence-corrected chi connectivity index (χ4v) is 7.13. The van der Waals surface area contributed by atoms with E-state index in [-0.39, 0.29) is 0 Å². The van der Waals surface area contributed by atoms with Gasteiger partial charge in [-0.3, -0.25) is 0 Å². The van der Waals surface area contributed by atoms with Crippen LogP contribution in [0.1, 0.15) is 0 Å². The molecule has 0 aliphatic carbocycles. The molecule has 98 valence electrons. The first-order valence-electron chi connectivity index (χ1n) is 6.92. The minimum atomic E-state index is -1.56. The zero-order chi connectivity index (χ0) is 13.9. The topological polar surface area (TPSA) is 0 Å². The SMILES string of the molecule is C[Si]1(C)c2cc(Br)ccc2-c2c1ccc1ccccc21. The number of fused-ring (bicyclic) bond motifs is 5. The highest BCUT2D eigenvalue weighted by Gasteiger charge is 2.38. The average molecular weight is 339 g/mol. The predicted octanol–water partition coefficient (Wildman–Crippen LogP) is 4.41. The van der Waals surface area contributed by atoms with Crippen molar-refractivity contribution in [2.75, 3.05) is 0 Å². The molecule has 0 N–H and O–H groups in total.